The van der Waals surface area contributed by atoms with Gasteiger partial charge in [-0.15, -0.1) is 0 Å². The van der Waals surface area contributed by atoms with Gasteiger partial charge in [-0.05, 0) is 106 Å². The molecule has 0 unspecified atom stereocenters. The van der Waals surface area contributed by atoms with E-state index in [2.05, 4.69) is 102 Å². The van der Waals surface area contributed by atoms with Crippen molar-refractivity contribution in [3.63, 3.8) is 0 Å². The number of rotatable bonds is 6. The van der Waals surface area contributed by atoms with Gasteiger partial charge in [0.1, 0.15) is 11.2 Å². The fourth-order valence-corrected chi connectivity index (χ4v) is 9.12. The highest BCUT2D eigenvalue weighted by atomic mass is 16.3. The summed E-state index contributed by atoms with van der Waals surface area (Å²) in [7, 11) is 0. The minimum Gasteiger partial charge on any atom is -0.455 e. The van der Waals surface area contributed by atoms with Crippen molar-refractivity contribution in [1.29, 1.82) is 0 Å². The van der Waals surface area contributed by atoms with Crippen LogP contribution in [0.3, 0.4) is 0 Å². The number of pyridine rings is 5. The lowest BCUT2D eigenvalue weighted by atomic mass is 9.91. The Morgan fingerprint density at radius 1 is 0.323 bits per heavy atom. The van der Waals surface area contributed by atoms with Crippen LogP contribution in [-0.4, -0.2) is 39.9 Å². The summed E-state index contributed by atoms with van der Waals surface area (Å²) >= 11 is 0. The summed E-state index contributed by atoms with van der Waals surface area (Å²) in [6, 6.07) is 53.8. The van der Waals surface area contributed by atoms with Gasteiger partial charge in [0.15, 0.2) is 17.5 Å². The molecular weight excluding hydrogens is 801 g/mol. The summed E-state index contributed by atoms with van der Waals surface area (Å²) in [4.78, 5) is 39.4. The molecule has 0 saturated heterocycles. The van der Waals surface area contributed by atoms with Crippen LogP contribution < -0.4 is 0 Å². The van der Waals surface area contributed by atoms with Gasteiger partial charge in [0.2, 0.25) is 0 Å². The smallest absolute Gasteiger partial charge is 0.167 e. The van der Waals surface area contributed by atoms with Gasteiger partial charge in [0.25, 0.3) is 0 Å². The van der Waals surface area contributed by atoms with Crippen LogP contribution in [0.25, 0.3) is 133 Å². The highest BCUT2D eigenvalue weighted by Crippen LogP contribution is 2.42. The molecule has 0 spiro atoms. The van der Waals surface area contributed by atoms with Crippen LogP contribution in [0.5, 0.6) is 0 Å². The molecule has 0 saturated carbocycles. The average Bonchev–Trinajstić information content (AvgIpc) is 3.77. The highest BCUT2D eigenvalue weighted by Gasteiger charge is 2.21. The molecule has 0 aliphatic heterocycles. The van der Waals surface area contributed by atoms with E-state index in [-0.39, 0.29) is 0 Å². The molecule has 0 aliphatic carbocycles. The first-order valence-electron chi connectivity index (χ1n) is 21.3. The number of hydrogen-bond donors (Lipinski definition) is 0. The monoisotopic (exact) mass is 832 g/mol. The minimum absolute atomic E-state index is 0.496. The van der Waals surface area contributed by atoms with Crippen LogP contribution in [0.1, 0.15) is 0 Å². The van der Waals surface area contributed by atoms with Crippen LogP contribution in [0.4, 0.5) is 0 Å². The standard InChI is InChI=1S/C56H32N8O/c1-2-17-48-41(12-1)44-13-3-14-45(53(44)65-48)56-63-54(34-20-18-33(19-21-34)37-11-4-22-57-32-37)62-55(64-56)40-28-38(46-30-35-9-5-23-58-49(35)51-42(46)15-7-25-60-51)27-39(29-40)47-31-36-10-6-24-59-50(36)52-43(47)16-8-26-61-52/h1-32H. The van der Waals surface area contributed by atoms with Crippen molar-refractivity contribution in [3.8, 4) is 67.5 Å². The molecule has 9 heteroatoms. The minimum atomic E-state index is 0.496. The van der Waals surface area contributed by atoms with Gasteiger partial charge in [-0.2, -0.15) is 0 Å². The molecule has 7 heterocycles. The second kappa shape index (κ2) is 14.8. The van der Waals surface area contributed by atoms with Crippen LogP contribution in [-0.2, 0) is 0 Å². The topological polar surface area (TPSA) is 116 Å². The Labute approximate surface area is 370 Å². The Kier molecular flexibility index (Phi) is 8.32. The van der Waals surface area contributed by atoms with Gasteiger partial charge in [0, 0.05) is 80.6 Å². The zero-order valence-electron chi connectivity index (χ0n) is 34.5. The molecule has 0 atom stereocenters. The van der Waals surface area contributed by atoms with Gasteiger partial charge in [-0.25, -0.2) is 15.0 Å². The van der Waals surface area contributed by atoms with E-state index in [1.807, 2.05) is 91.6 Å². The molecule has 302 valence electrons. The van der Waals surface area contributed by atoms with E-state index in [1.165, 1.54) is 0 Å². The van der Waals surface area contributed by atoms with Crippen molar-refractivity contribution >= 4 is 65.6 Å². The molecule has 65 heavy (non-hydrogen) atoms. The van der Waals surface area contributed by atoms with Gasteiger partial charge >= 0.3 is 0 Å². The van der Waals surface area contributed by atoms with Crippen molar-refractivity contribution in [2.45, 2.75) is 0 Å². The highest BCUT2D eigenvalue weighted by molar-refractivity contribution is 6.13. The maximum atomic E-state index is 6.57. The molecular formula is C56H32N8O. The molecule has 0 amide bonds. The molecule has 0 aliphatic rings. The second-order valence-electron chi connectivity index (χ2n) is 16.0. The first kappa shape index (κ1) is 36.6. The molecule has 0 fully saturated rings. The van der Waals surface area contributed by atoms with Crippen molar-refractivity contribution in [2.75, 3.05) is 0 Å². The van der Waals surface area contributed by atoms with Crippen LogP contribution in [0.15, 0.2) is 199 Å². The fraction of sp³-hybridized carbons (Fsp3) is 0. The first-order chi connectivity index (χ1) is 32.2. The molecule has 7 aromatic heterocycles. The van der Waals surface area contributed by atoms with E-state index in [1.54, 1.807) is 6.20 Å². The third-order valence-corrected chi connectivity index (χ3v) is 12.2. The number of hydrogen-bond acceptors (Lipinski definition) is 9. The third kappa shape index (κ3) is 6.17. The molecule has 13 rings (SSSR count). The van der Waals surface area contributed by atoms with Gasteiger partial charge in [0.05, 0.1) is 27.6 Å². The molecule has 9 nitrogen and oxygen atoms in total. The van der Waals surface area contributed by atoms with Crippen LogP contribution in [0.2, 0.25) is 0 Å². The number of aromatic nitrogens is 8. The lowest BCUT2D eigenvalue weighted by Crippen LogP contribution is -2.01. The Balaban J connectivity index is 1.09. The quantitative estimate of drug-likeness (QED) is 0.151. The number of fused-ring (bicyclic) bond motifs is 9. The fourth-order valence-electron chi connectivity index (χ4n) is 9.12. The molecule has 0 radical (unpaired) electrons. The number of para-hydroxylation sites is 2. The van der Waals surface area contributed by atoms with Gasteiger partial charge in [-0.3, -0.25) is 24.9 Å². The molecule has 6 aromatic carbocycles. The summed E-state index contributed by atoms with van der Waals surface area (Å²) in [6.45, 7) is 0. The zero-order valence-corrected chi connectivity index (χ0v) is 34.5. The van der Waals surface area contributed by atoms with Crippen LogP contribution in [0, 0.1) is 0 Å². The van der Waals surface area contributed by atoms with E-state index in [4.69, 9.17) is 39.3 Å². The molecule has 0 N–H and O–H groups in total. The maximum Gasteiger partial charge on any atom is 0.167 e. The first-order valence-corrected chi connectivity index (χ1v) is 21.3. The van der Waals surface area contributed by atoms with E-state index < -0.39 is 0 Å². The SMILES string of the molecule is c1cncc(-c2ccc(-c3nc(-c4cc(-c5cc6cccnc6c6ncccc56)cc(-c5cc6cccnc6c6ncccc56)c4)nc(-c4cccc5c4oc4ccccc45)n3)cc2)c1. The van der Waals surface area contributed by atoms with Gasteiger partial charge in [-0.1, -0.05) is 84.9 Å². The maximum absolute atomic E-state index is 6.57. The normalized spacial score (nSPS) is 11.7. The third-order valence-electron chi connectivity index (χ3n) is 12.2. The van der Waals surface area contributed by atoms with Crippen molar-refractivity contribution in [2.24, 2.45) is 0 Å². The Morgan fingerprint density at radius 2 is 0.862 bits per heavy atom. The Morgan fingerprint density at radius 3 is 1.52 bits per heavy atom. The summed E-state index contributed by atoms with van der Waals surface area (Å²) in [5, 5.41) is 5.97. The van der Waals surface area contributed by atoms with Crippen molar-refractivity contribution in [3.05, 3.63) is 195 Å². The molecule has 0 bridgehead atoms. The Hall–Kier alpha value is -9.08. The van der Waals surface area contributed by atoms with Crippen molar-refractivity contribution in [1.82, 2.24) is 39.9 Å². The summed E-state index contributed by atoms with van der Waals surface area (Å²) in [5.41, 5.74) is 13.3. The number of nitrogens with zero attached hydrogens (tertiary/aromatic N) is 8. The summed E-state index contributed by atoms with van der Waals surface area (Å²) < 4.78 is 6.57. The lowest BCUT2D eigenvalue weighted by molar-refractivity contribution is 0.669. The number of furan rings is 1. The van der Waals surface area contributed by atoms with E-state index >= 15 is 0 Å². The average molecular weight is 833 g/mol. The van der Waals surface area contributed by atoms with Gasteiger partial charge < -0.3 is 4.42 Å². The van der Waals surface area contributed by atoms with E-state index in [0.29, 0.717) is 23.1 Å². The second-order valence-corrected chi connectivity index (χ2v) is 16.0. The summed E-state index contributed by atoms with van der Waals surface area (Å²) in [5.74, 6) is 1.53. The van der Waals surface area contributed by atoms with Crippen molar-refractivity contribution < 1.29 is 4.42 Å². The Bertz CT molecular complexity index is 3880. The molecule has 13 aromatic rings. The largest absolute Gasteiger partial charge is 0.455 e. The van der Waals surface area contributed by atoms with Crippen LogP contribution >= 0.6 is 0 Å². The predicted molar refractivity (Wildman–Crippen MR) is 259 cm³/mol. The zero-order chi connectivity index (χ0) is 42.8. The number of benzene rings is 6. The lowest BCUT2D eigenvalue weighted by Gasteiger charge is -2.16. The van der Waals surface area contributed by atoms with E-state index in [0.717, 1.165) is 110 Å². The predicted octanol–water partition coefficient (Wildman–Crippen LogP) is 13.4. The van der Waals surface area contributed by atoms with E-state index in [9.17, 15) is 0 Å². The summed E-state index contributed by atoms with van der Waals surface area (Å²) in [6.07, 6.45) is 10.9.